The van der Waals surface area contributed by atoms with Crippen LogP contribution in [0.25, 0.3) is 44.6 Å². The van der Waals surface area contributed by atoms with E-state index >= 15 is 0 Å². The molecule has 11 N–H and O–H groups in total. The fraction of sp³-hybridized carbons (Fsp3) is 0.275. The number of primary amides is 2. The third-order valence-electron chi connectivity index (χ3n) is 15.8. The molecule has 29 nitrogen and oxygen atoms in total. The van der Waals surface area contributed by atoms with E-state index in [0.717, 1.165) is 27.6 Å². The van der Waals surface area contributed by atoms with Crippen molar-refractivity contribution in [3.8, 4) is 29.5 Å². The van der Waals surface area contributed by atoms with Crippen molar-refractivity contribution < 1.29 is 83.5 Å². The zero-order valence-electron chi connectivity index (χ0n) is 63.4. The largest absolute Gasteiger partial charge is 0.491 e. The van der Waals surface area contributed by atoms with Gasteiger partial charge in [0, 0.05) is 95.7 Å². The van der Waals surface area contributed by atoms with Gasteiger partial charge < -0.3 is 72.2 Å². The van der Waals surface area contributed by atoms with Gasteiger partial charge in [-0.2, -0.15) is 20.2 Å². The summed E-state index contributed by atoms with van der Waals surface area (Å²) in [5, 5.41) is 26.5. The number of hydrogen-bond acceptors (Lipinski definition) is 19. The quantitative estimate of drug-likeness (QED) is 0.0177. The maximum Gasteiger partial charge on any atom is 0.407 e. The first-order valence-corrected chi connectivity index (χ1v) is 34.6. The number of fused-ring (bicyclic) bond motifs is 3. The monoisotopic (exact) mass is 1720 g/mol. The fourth-order valence-electron chi connectivity index (χ4n) is 11.2. The number of hydrogen-bond donors (Lipinski definition) is 8. The van der Waals surface area contributed by atoms with Crippen molar-refractivity contribution in [2.75, 3.05) is 38.6 Å². The number of methoxy groups -OCH3 is 3. The Bertz CT molecular complexity index is 5150. The Labute approximate surface area is 660 Å². The van der Waals surface area contributed by atoms with Gasteiger partial charge in [0.1, 0.15) is 23.4 Å². The Morgan fingerprint density at radius 2 is 0.882 bits per heavy atom. The molecule has 6 aromatic carbocycles. The van der Waals surface area contributed by atoms with Gasteiger partial charge in [-0.15, -0.1) is 0 Å². The number of alkyl carbamates (subject to hydrolysis) is 3. The van der Waals surface area contributed by atoms with Crippen molar-refractivity contribution in [3.63, 3.8) is 0 Å². The first-order valence-electron chi connectivity index (χ1n) is 34.6. The summed E-state index contributed by atoms with van der Waals surface area (Å²) in [5.74, 6) is 2.03. The van der Waals surface area contributed by atoms with E-state index in [1.54, 1.807) is 160 Å². The van der Waals surface area contributed by atoms with Crippen LogP contribution < -0.4 is 53.3 Å². The second kappa shape index (κ2) is 38.0. The minimum absolute atomic E-state index is 0. The molecule has 11 aromatic rings. The third kappa shape index (κ3) is 22.9. The number of carbonyl (C=O) groups excluding carboxylic acids is 5. The van der Waals surface area contributed by atoms with Crippen molar-refractivity contribution in [1.82, 2.24) is 49.6 Å². The van der Waals surface area contributed by atoms with E-state index in [4.69, 9.17) is 55.6 Å². The van der Waals surface area contributed by atoms with Gasteiger partial charge in [-0.3, -0.25) is 28.3 Å². The number of benzene rings is 6. The summed E-state index contributed by atoms with van der Waals surface area (Å²) in [6, 6.07) is 53.0. The molecule has 0 fully saturated rings. The summed E-state index contributed by atoms with van der Waals surface area (Å²) in [4.78, 5) is 88.7. The minimum atomic E-state index is -0.652. The van der Waals surface area contributed by atoms with Gasteiger partial charge in [0.15, 0.2) is 29.0 Å². The summed E-state index contributed by atoms with van der Waals surface area (Å²) in [7, 11) is 4.66. The molecule has 0 spiro atoms. The van der Waals surface area contributed by atoms with Crippen molar-refractivity contribution in [3.05, 3.63) is 227 Å². The number of amidine groups is 1. The zero-order chi connectivity index (χ0) is 78.6. The maximum absolute atomic E-state index is 12.4. The Balaban J connectivity index is 0.000000207. The van der Waals surface area contributed by atoms with E-state index in [9.17, 15) is 29.2 Å². The average Bonchev–Trinajstić information content (AvgIpc) is 1.63. The number of amides is 5. The summed E-state index contributed by atoms with van der Waals surface area (Å²) in [5.41, 5.74) is 24.0. The smallest absolute Gasteiger partial charge is 0.407 e. The Morgan fingerprint density at radius 3 is 1.30 bits per heavy atom. The molecule has 0 unspecified atom stereocenters. The molecule has 0 aliphatic carbocycles. The number of nitrogens with one attached hydrogen (secondary N) is 5. The van der Waals surface area contributed by atoms with Crippen LogP contribution in [0.5, 0.6) is 11.5 Å². The molecule has 5 heterocycles. The number of carbonyl (C=O) groups is 5. The van der Waals surface area contributed by atoms with Crippen LogP contribution in [0.15, 0.2) is 186 Å². The van der Waals surface area contributed by atoms with E-state index in [0.29, 0.717) is 116 Å². The standard InChI is InChI=1S/C27H30N6O4.C27H28N6O3.C26H32N6O4.U/c1-27(2,3)37-26(35)31-15-18-13-20-19(23(28)34)11-8-12-21(20)33(18)25-30-16-22(36-4)24(32-25)29-14-17-9-6-5-7-10-17;1-27(2,3)36-26(34)31-16-20-13-21-19(14-28)11-8-12-22(21)33(20)25-30-17-23(35-4)24(32-25)29-15-18-9-6-5-7-10-18;1-26(2,3)36-25(34)30-15-18-13-20-19(23(27)33)11-8-12-21(20)32(18)24(28)31-22(16-35-4)29-14-17-9-6-5-7-10-17;/h5-13,16H,14-15H2,1-4H3,(H2,28,34)(H,31,35)(H,29,30,32);5-13,17H,15-16H2,1-4H3,(H,31,34)(H,29,30,32);5-13H,14-16H2,1-4H3,(H2,27,33)(H,30,34)(H2,28,29,31);. The van der Waals surface area contributed by atoms with Crippen LogP contribution in [-0.4, -0.2) is 120 Å². The first kappa shape index (κ1) is 83.3. The molecule has 0 bridgehead atoms. The summed E-state index contributed by atoms with van der Waals surface area (Å²) < 4.78 is 37.5. The van der Waals surface area contributed by atoms with Gasteiger partial charge in [0.25, 0.3) is 0 Å². The summed E-state index contributed by atoms with van der Waals surface area (Å²) >= 11 is 0. The van der Waals surface area contributed by atoms with Gasteiger partial charge in [-0.1, -0.05) is 109 Å². The molecule has 0 aliphatic heterocycles. The van der Waals surface area contributed by atoms with Gasteiger partial charge in [-0.05, 0) is 134 Å². The summed E-state index contributed by atoms with van der Waals surface area (Å²) in [6.07, 6.45) is 1.47. The normalized spacial score (nSPS) is 11.5. The number of anilines is 2. The number of nitriles is 1. The maximum atomic E-state index is 12.4. The van der Waals surface area contributed by atoms with Crippen LogP contribution in [0.2, 0.25) is 0 Å². The third-order valence-corrected chi connectivity index (χ3v) is 15.8. The number of nitrogens with two attached hydrogens (primary N) is 3. The molecule has 110 heavy (non-hydrogen) atoms. The molecule has 0 saturated carbocycles. The second-order valence-electron chi connectivity index (χ2n) is 27.5. The molecule has 0 saturated heterocycles. The molecule has 5 amide bonds. The van der Waals surface area contributed by atoms with Crippen molar-refractivity contribution in [2.24, 2.45) is 27.2 Å². The van der Waals surface area contributed by atoms with Crippen LogP contribution in [-0.2, 0) is 58.2 Å². The fourth-order valence-corrected chi connectivity index (χ4v) is 11.2. The van der Waals surface area contributed by atoms with Gasteiger partial charge in [-0.25, -0.2) is 24.4 Å². The van der Waals surface area contributed by atoms with E-state index in [2.05, 4.69) is 52.6 Å². The molecular formula is C80H90N18O11U. The number of aliphatic imine (C=N–C) groups is 2. The molecule has 0 aliphatic rings. The van der Waals surface area contributed by atoms with Crippen LogP contribution in [0.4, 0.5) is 26.0 Å². The molecule has 11 rings (SSSR count). The Hall–Kier alpha value is -12.3. The second-order valence-corrected chi connectivity index (χ2v) is 27.5. The first-order chi connectivity index (χ1) is 52.0. The number of ether oxygens (including phenoxy) is 6. The van der Waals surface area contributed by atoms with Crippen LogP contribution in [0.3, 0.4) is 0 Å². The molecule has 0 radical (unpaired) electrons. The van der Waals surface area contributed by atoms with Crippen LogP contribution in [0, 0.1) is 42.4 Å². The van der Waals surface area contributed by atoms with Crippen molar-refractivity contribution >= 4 is 86.2 Å². The van der Waals surface area contributed by atoms with E-state index in [1.165, 1.54) is 0 Å². The van der Waals surface area contributed by atoms with Gasteiger partial charge >= 0.3 is 18.3 Å². The van der Waals surface area contributed by atoms with E-state index in [-0.39, 0.29) is 63.3 Å². The SMILES string of the molecule is COCC(=NCc1ccccc1)N=C(N)n1c(CNC(=O)OC(C)(C)C)cc2c(C(N)=O)cccc21.COc1cnc(-n2c(CNC(=O)OC(C)(C)C)cc3c(C#N)cccc32)nc1NCc1ccccc1.COc1cnc(-n2c(CNC(=O)OC(C)(C)C)cc3c(C(N)=O)cccc32)nc1NCc1ccccc1.[U]. The van der Waals surface area contributed by atoms with Crippen molar-refractivity contribution in [2.45, 2.75) is 118 Å². The Kier molecular flexibility index (Phi) is 28.8. The molecular weight excluding hydrogens is 1630 g/mol. The number of aromatic nitrogens is 7. The van der Waals surface area contributed by atoms with Crippen LogP contribution in [0.1, 0.15) is 122 Å². The van der Waals surface area contributed by atoms with Gasteiger partial charge in [0.05, 0.1) is 81.0 Å². The molecule has 0 atom stereocenters. The van der Waals surface area contributed by atoms with Gasteiger partial charge in [0.2, 0.25) is 29.7 Å². The zero-order valence-corrected chi connectivity index (χ0v) is 67.6. The van der Waals surface area contributed by atoms with Crippen molar-refractivity contribution in [1.29, 1.82) is 5.26 Å². The summed E-state index contributed by atoms with van der Waals surface area (Å²) in [6.45, 7) is 18.1. The van der Waals surface area contributed by atoms with E-state index < -0.39 is 46.9 Å². The van der Waals surface area contributed by atoms with E-state index in [1.807, 2.05) is 114 Å². The minimum Gasteiger partial charge on any atom is -0.491 e. The van der Waals surface area contributed by atoms with Crippen LogP contribution >= 0.6 is 0 Å². The Morgan fingerprint density at radius 1 is 0.491 bits per heavy atom. The molecule has 570 valence electrons. The predicted molar refractivity (Wildman–Crippen MR) is 418 cm³/mol. The number of nitrogens with zero attached hydrogens (tertiary/aromatic N) is 10. The topological polar surface area (TPSA) is 394 Å². The predicted octanol–water partition coefficient (Wildman–Crippen LogP) is 12.3. The number of rotatable bonds is 22. The molecule has 5 aromatic heterocycles. The average molecular weight is 1720 g/mol. The molecule has 30 heteroatoms.